The quantitative estimate of drug-likeness (QED) is 0.807. The Morgan fingerprint density at radius 3 is 2.62 bits per heavy atom. The number of carbonyl (C=O) groups is 1. The molecule has 2 aromatic rings. The molecule has 1 amide bonds. The van der Waals surface area contributed by atoms with Gasteiger partial charge in [0, 0.05) is 48.1 Å². The molecule has 0 unspecified atom stereocenters. The van der Waals surface area contributed by atoms with E-state index in [0.717, 1.165) is 47.7 Å². The first kappa shape index (κ1) is 18.7. The van der Waals surface area contributed by atoms with Crippen LogP contribution in [0.4, 0.5) is 11.4 Å². The standard InChI is InChI=1S/C20H24BrN3O2/c1-15-12-16(21)6-7-19(15)22-20(25)14-23-8-10-24(11-9-23)17-4-3-5-18(13-17)26-2/h3-7,12-13H,8-11,14H2,1-2H3,(H,22,25). The molecule has 1 aliphatic heterocycles. The lowest BCUT2D eigenvalue weighted by Crippen LogP contribution is -2.48. The van der Waals surface area contributed by atoms with Crippen molar-refractivity contribution in [1.82, 2.24) is 4.90 Å². The Morgan fingerprint density at radius 2 is 1.92 bits per heavy atom. The molecule has 1 heterocycles. The van der Waals surface area contributed by atoms with Crippen LogP contribution >= 0.6 is 15.9 Å². The summed E-state index contributed by atoms with van der Waals surface area (Å²) < 4.78 is 6.32. The third kappa shape index (κ3) is 4.77. The molecule has 1 fully saturated rings. The maximum absolute atomic E-state index is 12.4. The average Bonchev–Trinajstić information content (AvgIpc) is 2.65. The van der Waals surface area contributed by atoms with Gasteiger partial charge in [0.15, 0.2) is 0 Å². The molecule has 0 saturated carbocycles. The second-order valence-electron chi connectivity index (χ2n) is 6.47. The van der Waals surface area contributed by atoms with Crippen LogP contribution in [0.2, 0.25) is 0 Å². The fourth-order valence-corrected chi connectivity index (χ4v) is 3.61. The van der Waals surface area contributed by atoms with E-state index < -0.39 is 0 Å². The minimum atomic E-state index is 0.0326. The molecule has 26 heavy (non-hydrogen) atoms. The zero-order valence-electron chi connectivity index (χ0n) is 15.2. The van der Waals surface area contributed by atoms with Crippen molar-refractivity contribution in [2.24, 2.45) is 0 Å². The van der Waals surface area contributed by atoms with Gasteiger partial charge >= 0.3 is 0 Å². The fraction of sp³-hybridized carbons (Fsp3) is 0.350. The van der Waals surface area contributed by atoms with E-state index in [4.69, 9.17) is 4.74 Å². The van der Waals surface area contributed by atoms with Gasteiger partial charge in [-0.25, -0.2) is 0 Å². The highest BCUT2D eigenvalue weighted by molar-refractivity contribution is 9.10. The van der Waals surface area contributed by atoms with Gasteiger partial charge in [0.05, 0.1) is 13.7 Å². The van der Waals surface area contributed by atoms with E-state index in [-0.39, 0.29) is 5.91 Å². The number of aryl methyl sites for hydroxylation is 1. The van der Waals surface area contributed by atoms with Crippen LogP contribution in [-0.2, 0) is 4.79 Å². The van der Waals surface area contributed by atoms with Crippen LogP contribution < -0.4 is 15.0 Å². The highest BCUT2D eigenvalue weighted by atomic mass is 79.9. The largest absolute Gasteiger partial charge is 0.497 e. The predicted octanol–water partition coefficient (Wildman–Crippen LogP) is 3.53. The van der Waals surface area contributed by atoms with Gasteiger partial charge in [-0.2, -0.15) is 0 Å². The first-order valence-corrected chi connectivity index (χ1v) is 9.52. The molecule has 1 N–H and O–H groups in total. The second kappa shape index (κ2) is 8.56. The molecular weight excluding hydrogens is 394 g/mol. The van der Waals surface area contributed by atoms with Crippen LogP contribution in [0.25, 0.3) is 0 Å². The highest BCUT2D eigenvalue weighted by Gasteiger charge is 2.19. The summed E-state index contributed by atoms with van der Waals surface area (Å²) >= 11 is 3.44. The van der Waals surface area contributed by atoms with E-state index in [1.807, 2.05) is 37.3 Å². The molecule has 6 heteroatoms. The number of ether oxygens (including phenoxy) is 1. The van der Waals surface area contributed by atoms with Crippen LogP contribution in [0.5, 0.6) is 5.75 Å². The number of hydrogen-bond acceptors (Lipinski definition) is 4. The molecule has 1 saturated heterocycles. The molecule has 0 atom stereocenters. The van der Waals surface area contributed by atoms with Crippen LogP contribution in [0, 0.1) is 6.92 Å². The molecule has 0 radical (unpaired) electrons. The fourth-order valence-electron chi connectivity index (χ4n) is 3.13. The third-order valence-corrected chi connectivity index (χ3v) is 5.11. The van der Waals surface area contributed by atoms with Crippen molar-refractivity contribution in [1.29, 1.82) is 0 Å². The van der Waals surface area contributed by atoms with Crippen LogP contribution in [0.1, 0.15) is 5.56 Å². The SMILES string of the molecule is COc1cccc(N2CCN(CC(=O)Nc3ccc(Br)cc3C)CC2)c1. The van der Waals surface area contributed by atoms with Crippen molar-refractivity contribution in [2.75, 3.05) is 50.1 Å². The first-order valence-electron chi connectivity index (χ1n) is 8.72. The summed E-state index contributed by atoms with van der Waals surface area (Å²) in [4.78, 5) is 16.9. The van der Waals surface area contributed by atoms with Crippen molar-refractivity contribution in [3.05, 3.63) is 52.5 Å². The van der Waals surface area contributed by atoms with Gasteiger partial charge in [0.25, 0.3) is 0 Å². The van der Waals surface area contributed by atoms with E-state index >= 15 is 0 Å². The number of methoxy groups -OCH3 is 1. The van der Waals surface area contributed by atoms with E-state index in [2.05, 4.69) is 43.2 Å². The number of hydrogen-bond donors (Lipinski definition) is 1. The van der Waals surface area contributed by atoms with Crippen LogP contribution in [-0.4, -0.2) is 50.6 Å². The van der Waals surface area contributed by atoms with Crippen LogP contribution in [0.15, 0.2) is 46.9 Å². The molecule has 0 bridgehead atoms. The number of carbonyl (C=O) groups excluding carboxylic acids is 1. The first-order chi connectivity index (χ1) is 12.5. The zero-order valence-corrected chi connectivity index (χ0v) is 16.8. The predicted molar refractivity (Wildman–Crippen MR) is 109 cm³/mol. The Morgan fingerprint density at radius 1 is 1.15 bits per heavy atom. The van der Waals surface area contributed by atoms with Crippen molar-refractivity contribution < 1.29 is 9.53 Å². The zero-order chi connectivity index (χ0) is 18.5. The summed E-state index contributed by atoms with van der Waals surface area (Å²) in [5.74, 6) is 0.902. The highest BCUT2D eigenvalue weighted by Crippen LogP contribution is 2.22. The van der Waals surface area contributed by atoms with Gasteiger partial charge < -0.3 is 15.0 Å². The Balaban J connectivity index is 1.51. The maximum Gasteiger partial charge on any atom is 0.238 e. The summed E-state index contributed by atoms with van der Waals surface area (Å²) in [6, 6.07) is 14.0. The molecule has 0 aromatic heterocycles. The lowest BCUT2D eigenvalue weighted by atomic mass is 10.2. The normalized spacial score (nSPS) is 15.0. The summed E-state index contributed by atoms with van der Waals surface area (Å²) in [6.45, 7) is 5.94. The van der Waals surface area contributed by atoms with Gasteiger partial charge in [-0.15, -0.1) is 0 Å². The molecule has 0 spiro atoms. The molecule has 138 valence electrons. The number of amides is 1. The van der Waals surface area contributed by atoms with Crippen LogP contribution in [0.3, 0.4) is 0 Å². The van der Waals surface area contributed by atoms with E-state index in [1.165, 1.54) is 5.69 Å². The number of anilines is 2. The number of halogens is 1. The molecule has 3 rings (SSSR count). The smallest absolute Gasteiger partial charge is 0.238 e. The minimum Gasteiger partial charge on any atom is -0.497 e. The van der Waals surface area contributed by atoms with Crippen molar-refractivity contribution in [3.8, 4) is 5.75 Å². The summed E-state index contributed by atoms with van der Waals surface area (Å²) in [7, 11) is 1.68. The van der Waals surface area contributed by atoms with Gasteiger partial charge in [-0.05, 0) is 42.8 Å². The lowest BCUT2D eigenvalue weighted by molar-refractivity contribution is -0.117. The maximum atomic E-state index is 12.4. The van der Waals surface area contributed by atoms with Gasteiger partial charge in [0.1, 0.15) is 5.75 Å². The monoisotopic (exact) mass is 417 g/mol. The molecule has 2 aromatic carbocycles. The summed E-state index contributed by atoms with van der Waals surface area (Å²) in [5, 5.41) is 3.01. The van der Waals surface area contributed by atoms with E-state index in [9.17, 15) is 4.79 Å². The third-order valence-electron chi connectivity index (χ3n) is 4.62. The number of piperazine rings is 1. The van der Waals surface area contributed by atoms with E-state index in [1.54, 1.807) is 7.11 Å². The molecule has 5 nitrogen and oxygen atoms in total. The lowest BCUT2D eigenvalue weighted by Gasteiger charge is -2.35. The number of rotatable bonds is 5. The Bertz CT molecular complexity index is 773. The Hall–Kier alpha value is -2.05. The van der Waals surface area contributed by atoms with Gasteiger partial charge in [-0.1, -0.05) is 22.0 Å². The molecule has 1 aliphatic rings. The number of benzene rings is 2. The summed E-state index contributed by atoms with van der Waals surface area (Å²) in [5.41, 5.74) is 3.09. The minimum absolute atomic E-state index is 0.0326. The number of nitrogens with zero attached hydrogens (tertiary/aromatic N) is 2. The number of nitrogens with one attached hydrogen (secondary N) is 1. The van der Waals surface area contributed by atoms with Crippen molar-refractivity contribution in [2.45, 2.75) is 6.92 Å². The van der Waals surface area contributed by atoms with Gasteiger partial charge in [-0.3, -0.25) is 9.69 Å². The van der Waals surface area contributed by atoms with Gasteiger partial charge in [0.2, 0.25) is 5.91 Å². The topological polar surface area (TPSA) is 44.8 Å². The van der Waals surface area contributed by atoms with Crippen molar-refractivity contribution >= 4 is 33.2 Å². The Kier molecular flexibility index (Phi) is 6.16. The van der Waals surface area contributed by atoms with E-state index in [0.29, 0.717) is 6.54 Å². The Labute approximate surface area is 163 Å². The second-order valence-corrected chi connectivity index (χ2v) is 7.39. The average molecular weight is 418 g/mol. The molecular formula is C20H24BrN3O2. The summed E-state index contributed by atoms with van der Waals surface area (Å²) in [6.07, 6.45) is 0. The molecule has 0 aliphatic carbocycles. The van der Waals surface area contributed by atoms with Crippen molar-refractivity contribution in [3.63, 3.8) is 0 Å².